The largest absolute Gasteiger partial charge is 0.434 e. The fourth-order valence-corrected chi connectivity index (χ4v) is 2.87. The standard InChI is InChI=1S/C17H11ClF2N6O2/c18-8-1-2-13(28-17(19)20)9(3-8)15-12(6-24-26-15)25-16(27)10-4-21-5-11-14(10)23-7-22-11/h1-7,17H,(H,22,23)(H,24,26)(H,25,27). The number of rotatable bonds is 5. The summed E-state index contributed by atoms with van der Waals surface area (Å²) in [6.45, 7) is -3.03. The number of aromatic nitrogens is 5. The van der Waals surface area contributed by atoms with Gasteiger partial charge in [-0.1, -0.05) is 11.6 Å². The lowest BCUT2D eigenvalue weighted by atomic mass is 10.1. The number of carbonyl (C=O) groups excluding carboxylic acids is 1. The van der Waals surface area contributed by atoms with Gasteiger partial charge in [-0.2, -0.15) is 13.9 Å². The number of ether oxygens (including phenoxy) is 1. The van der Waals surface area contributed by atoms with Crippen LogP contribution in [-0.4, -0.2) is 37.7 Å². The number of halogens is 3. The molecule has 0 saturated carbocycles. The van der Waals surface area contributed by atoms with Crippen LogP contribution in [0, 0.1) is 0 Å². The smallest absolute Gasteiger partial charge is 0.387 e. The number of nitrogens with zero attached hydrogens (tertiary/aromatic N) is 3. The molecule has 0 bridgehead atoms. The van der Waals surface area contributed by atoms with Crippen LogP contribution in [0.25, 0.3) is 22.3 Å². The van der Waals surface area contributed by atoms with Crippen LogP contribution in [0.5, 0.6) is 5.75 Å². The van der Waals surface area contributed by atoms with Gasteiger partial charge in [-0.3, -0.25) is 14.9 Å². The number of imidazole rings is 1. The third-order valence-corrected chi connectivity index (χ3v) is 4.11. The number of fused-ring (bicyclic) bond motifs is 1. The van der Waals surface area contributed by atoms with Crippen LogP contribution >= 0.6 is 11.6 Å². The number of aromatic amines is 2. The van der Waals surface area contributed by atoms with E-state index >= 15 is 0 Å². The van der Waals surface area contributed by atoms with Crippen LogP contribution in [0.3, 0.4) is 0 Å². The number of pyridine rings is 1. The zero-order chi connectivity index (χ0) is 19.7. The second kappa shape index (κ2) is 7.24. The van der Waals surface area contributed by atoms with Crippen LogP contribution in [0.4, 0.5) is 14.5 Å². The van der Waals surface area contributed by atoms with Gasteiger partial charge in [-0.25, -0.2) is 4.98 Å². The van der Waals surface area contributed by atoms with Gasteiger partial charge in [-0.15, -0.1) is 0 Å². The molecule has 8 nitrogen and oxygen atoms in total. The molecule has 3 heterocycles. The van der Waals surface area contributed by atoms with E-state index in [0.29, 0.717) is 16.1 Å². The first-order chi connectivity index (χ1) is 13.5. The molecule has 4 rings (SSSR count). The van der Waals surface area contributed by atoms with Crippen LogP contribution in [-0.2, 0) is 0 Å². The van der Waals surface area contributed by atoms with E-state index < -0.39 is 12.5 Å². The van der Waals surface area contributed by atoms with Crippen molar-refractivity contribution in [1.82, 2.24) is 25.1 Å². The van der Waals surface area contributed by atoms with E-state index in [9.17, 15) is 13.6 Å². The molecule has 0 atom stereocenters. The van der Waals surface area contributed by atoms with Gasteiger partial charge in [0.1, 0.15) is 17.0 Å². The van der Waals surface area contributed by atoms with Crippen molar-refractivity contribution in [3.63, 3.8) is 0 Å². The molecule has 0 fully saturated rings. The molecule has 1 aromatic carbocycles. The highest BCUT2D eigenvalue weighted by atomic mass is 35.5. The molecular formula is C17H11ClF2N6O2. The normalized spacial score (nSPS) is 11.1. The number of benzene rings is 1. The second-order valence-electron chi connectivity index (χ2n) is 5.61. The fraction of sp³-hybridized carbons (Fsp3) is 0.0588. The van der Waals surface area contributed by atoms with Crippen LogP contribution < -0.4 is 10.1 Å². The summed E-state index contributed by atoms with van der Waals surface area (Å²) >= 11 is 5.99. The van der Waals surface area contributed by atoms with Gasteiger partial charge in [0.25, 0.3) is 5.91 Å². The Morgan fingerprint density at radius 2 is 2.14 bits per heavy atom. The molecular weight excluding hydrogens is 394 g/mol. The number of H-pyrrole nitrogens is 2. The van der Waals surface area contributed by atoms with Gasteiger partial charge in [0.2, 0.25) is 0 Å². The number of hydrogen-bond acceptors (Lipinski definition) is 5. The van der Waals surface area contributed by atoms with Crippen molar-refractivity contribution in [3.05, 3.63) is 53.7 Å². The number of amides is 1. The van der Waals surface area contributed by atoms with Gasteiger partial charge in [0.05, 0.1) is 29.3 Å². The molecule has 11 heteroatoms. The molecule has 0 spiro atoms. The van der Waals surface area contributed by atoms with Crippen molar-refractivity contribution in [2.75, 3.05) is 5.32 Å². The molecule has 28 heavy (non-hydrogen) atoms. The summed E-state index contributed by atoms with van der Waals surface area (Å²) < 4.78 is 30.0. The summed E-state index contributed by atoms with van der Waals surface area (Å²) in [4.78, 5) is 23.7. The summed E-state index contributed by atoms with van der Waals surface area (Å²) in [6.07, 6.45) is 5.79. The maximum Gasteiger partial charge on any atom is 0.387 e. The third-order valence-electron chi connectivity index (χ3n) is 3.88. The highest BCUT2D eigenvalue weighted by Gasteiger charge is 2.20. The fourth-order valence-electron chi connectivity index (χ4n) is 2.70. The van der Waals surface area contributed by atoms with E-state index in [1.165, 1.54) is 36.9 Å². The molecule has 4 aromatic rings. The topological polar surface area (TPSA) is 109 Å². The maximum atomic E-state index is 12.7. The minimum Gasteiger partial charge on any atom is -0.434 e. The lowest BCUT2D eigenvalue weighted by Gasteiger charge is -2.11. The average Bonchev–Trinajstić information content (AvgIpc) is 3.31. The molecule has 142 valence electrons. The number of carbonyl (C=O) groups is 1. The Bertz CT molecular complexity index is 1160. The zero-order valence-corrected chi connectivity index (χ0v) is 14.7. The molecule has 3 aromatic heterocycles. The van der Waals surface area contributed by atoms with E-state index in [2.05, 4.69) is 35.2 Å². The van der Waals surface area contributed by atoms with Crippen molar-refractivity contribution < 1.29 is 18.3 Å². The summed E-state index contributed by atoms with van der Waals surface area (Å²) in [5, 5.41) is 9.60. The average molecular weight is 405 g/mol. The summed E-state index contributed by atoms with van der Waals surface area (Å²) in [5.41, 5.74) is 1.92. The van der Waals surface area contributed by atoms with Crippen molar-refractivity contribution in [1.29, 1.82) is 0 Å². The first kappa shape index (κ1) is 17.9. The Kier molecular flexibility index (Phi) is 4.62. The summed E-state index contributed by atoms with van der Waals surface area (Å²) in [6, 6.07) is 4.14. The molecule has 0 saturated heterocycles. The zero-order valence-electron chi connectivity index (χ0n) is 13.9. The summed E-state index contributed by atoms with van der Waals surface area (Å²) in [7, 11) is 0. The Balaban J connectivity index is 1.70. The van der Waals surface area contributed by atoms with Gasteiger partial charge in [-0.05, 0) is 18.2 Å². The number of alkyl halides is 2. The quantitative estimate of drug-likeness (QED) is 0.468. The number of hydrogen-bond donors (Lipinski definition) is 3. The molecule has 0 radical (unpaired) electrons. The maximum absolute atomic E-state index is 12.7. The highest BCUT2D eigenvalue weighted by Crippen LogP contribution is 2.36. The molecule has 0 unspecified atom stereocenters. The number of anilines is 1. The third kappa shape index (κ3) is 3.37. The number of nitrogens with one attached hydrogen (secondary N) is 3. The SMILES string of the molecule is O=C(Nc1c[nH]nc1-c1cc(Cl)ccc1OC(F)F)c1cncc2[nH]cnc12. The van der Waals surface area contributed by atoms with Gasteiger partial charge >= 0.3 is 6.61 Å². The molecule has 0 aliphatic carbocycles. The van der Waals surface area contributed by atoms with E-state index in [1.807, 2.05) is 0 Å². The Labute approximate surface area is 160 Å². The molecule has 0 aliphatic heterocycles. The van der Waals surface area contributed by atoms with E-state index in [1.54, 1.807) is 6.20 Å². The second-order valence-corrected chi connectivity index (χ2v) is 6.04. The molecule has 1 amide bonds. The van der Waals surface area contributed by atoms with Crippen LogP contribution in [0.2, 0.25) is 5.02 Å². The van der Waals surface area contributed by atoms with Gasteiger partial charge in [0, 0.05) is 23.0 Å². The Morgan fingerprint density at radius 3 is 2.96 bits per heavy atom. The lowest BCUT2D eigenvalue weighted by molar-refractivity contribution is -0.0494. The van der Waals surface area contributed by atoms with Gasteiger partial charge < -0.3 is 15.0 Å². The molecule has 3 N–H and O–H groups in total. The monoisotopic (exact) mass is 404 g/mol. The van der Waals surface area contributed by atoms with E-state index in [0.717, 1.165) is 0 Å². The van der Waals surface area contributed by atoms with Crippen LogP contribution in [0.1, 0.15) is 10.4 Å². The minimum absolute atomic E-state index is 0.127. The molecule has 0 aliphatic rings. The Morgan fingerprint density at radius 1 is 1.29 bits per heavy atom. The van der Waals surface area contributed by atoms with Crippen molar-refractivity contribution in [2.24, 2.45) is 0 Å². The predicted octanol–water partition coefficient (Wildman–Crippen LogP) is 3.86. The first-order valence-electron chi connectivity index (χ1n) is 7.90. The Hall–Kier alpha value is -3.53. The van der Waals surface area contributed by atoms with Gasteiger partial charge in [0.15, 0.2) is 0 Å². The van der Waals surface area contributed by atoms with Crippen LogP contribution in [0.15, 0.2) is 43.1 Å². The van der Waals surface area contributed by atoms with E-state index in [4.69, 9.17) is 11.6 Å². The highest BCUT2D eigenvalue weighted by molar-refractivity contribution is 6.31. The van der Waals surface area contributed by atoms with Crippen molar-refractivity contribution in [3.8, 4) is 17.0 Å². The van der Waals surface area contributed by atoms with E-state index in [-0.39, 0.29) is 28.3 Å². The first-order valence-corrected chi connectivity index (χ1v) is 8.27. The minimum atomic E-state index is -3.03. The summed E-state index contributed by atoms with van der Waals surface area (Å²) in [5.74, 6) is -0.621. The van der Waals surface area contributed by atoms with Crippen molar-refractivity contribution in [2.45, 2.75) is 6.61 Å². The predicted molar refractivity (Wildman–Crippen MR) is 97.5 cm³/mol. The lowest BCUT2D eigenvalue weighted by Crippen LogP contribution is -2.13. The van der Waals surface area contributed by atoms with Crippen molar-refractivity contribution >= 4 is 34.2 Å².